The van der Waals surface area contributed by atoms with Gasteiger partial charge in [0.2, 0.25) is 0 Å². The maximum Gasteiger partial charge on any atom is 0.335 e. The quantitative estimate of drug-likeness (QED) is 0.692. The Bertz CT molecular complexity index is 626. The molecule has 0 bridgehead atoms. The second kappa shape index (κ2) is 3.59. The molecule has 17 heavy (non-hydrogen) atoms. The highest BCUT2D eigenvalue weighted by atomic mass is 16.4. The molecule has 0 saturated carbocycles. The van der Waals surface area contributed by atoms with E-state index in [4.69, 9.17) is 5.11 Å². The van der Waals surface area contributed by atoms with Gasteiger partial charge in [0, 0.05) is 12.7 Å². The van der Waals surface area contributed by atoms with Crippen LogP contribution in [0.3, 0.4) is 0 Å². The number of hydrogen-bond acceptors (Lipinski definition) is 2. The zero-order chi connectivity index (χ0) is 11.8. The van der Waals surface area contributed by atoms with E-state index in [2.05, 4.69) is 4.99 Å². The third kappa shape index (κ3) is 1.63. The molecule has 0 amide bonds. The topological polar surface area (TPSA) is 54.6 Å². The van der Waals surface area contributed by atoms with Crippen molar-refractivity contribution in [3.05, 3.63) is 53.3 Å². The average Bonchev–Trinajstić information content (AvgIpc) is 2.68. The molecule has 0 unspecified atom stereocenters. The Kier molecular flexibility index (Phi) is 2.08. The van der Waals surface area contributed by atoms with Crippen LogP contribution in [0.25, 0.3) is 0 Å². The number of aromatic carboxylic acids is 1. The van der Waals surface area contributed by atoms with Gasteiger partial charge >= 0.3 is 5.97 Å². The molecule has 0 saturated heterocycles. The van der Waals surface area contributed by atoms with E-state index >= 15 is 0 Å². The SMILES string of the molecule is O=C(O)c1ccc2c(c1)Cn1cccc1C=N2. The summed E-state index contributed by atoms with van der Waals surface area (Å²) in [4.78, 5) is 15.3. The lowest BCUT2D eigenvalue weighted by Crippen LogP contribution is -2.02. The number of aromatic nitrogens is 1. The molecule has 4 heteroatoms. The minimum absolute atomic E-state index is 0.301. The predicted molar refractivity (Wildman–Crippen MR) is 64.2 cm³/mol. The molecule has 0 fully saturated rings. The van der Waals surface area contributed by atoms with E-state index in [1.165, 1.54) is 0 Å². The summed E-state index contributed by atoms with van der Waals surface area (Å²) in [5, 5.41) is 8.97. The van der Waals surface area contributed by atoms with E-state index in [9.17, 15) is 4.79 Å². The predicted octanol–water partition coefficient (Wildman–Crippen LogP) is 2.30. The number of nitrogens with zero attached hydrogens (tertiary/aromatic N) is 2. The van der Waals surface area contributed by atoms with Crippen molar-refractivity contribution in [2.45, 2.75) is 6.54 Å². The van der Waals surface area contributed by atoms with Gasteiger partial charge in [0.1, 0.15) is 0 Å². The maximum atomic E-state index is 10.9. The van der Waals surface area contributed by atoms with E-state index in [0.717, 1.165) is 16.9 Å². The second-order valence-electron chi connectivity index (χ2n) is 3.97. The molecule has 1 aromatic heterocycles. The zero-order valence-electron chi connectivity index (χ0n) is 9.00. The number of fused-ring (bicyclic) bond motifs is 2. The molecule has 84 valence electrons. The van der Waals surface area contributed by atoms with E-state index in [1.807, 2.05) is 22.9 Å². The van der Waals surface area contributed by atoms with E-state index < -0.39 is 5.97 Å². The van der Waals surface area contributed by atoms with Gasteiger partial charge in [-0.1, -0.05) is 0 Å². The number of carboxylic acids is 1. The van der Waals surface area contributed by atoms with Crippen molar-refractivity contribution in [2.75, 3.05) is 0 Å². The number of aliphatic imine (C=N–C) groups is 1. The molecule has 1 N–H and O–H groups in total. The smallest absolute Gasteiger partial charge is 0.335 e. The van der Waals surface area contributed by atoms with Gasteiger partial charge in [0.05, 0.1) is 23.2 Å². The summed E-state index contributed by atoms with van der Waals surface area (Å²) in [7, 11) is 0. The van der Waals surface area contributed by atoms with Crippen LogP contribution in [0.1, 0.15) is 21.6 Å². The Labute approximate surface area is 97.8 Å². The molecule has 0 aliphatic carbocycles. The van der Waals surface area contributed by atoms with Crippen molar-refractivity contribution in [2.24, 2.45) is 4.99 Å². The highest BCUT2D eigenvalue weighted by Crippen LogP contribution is 2.24. The van der Waals surface area contributed by atoms with Crippen LogP contribution < -0.4 is 0 Å². The summed E-state index contributed by atoms with van der Waals surface area (Å²) >= 11 is 0. The number of carboxylic acid groups (broad SMARTS) is 1. The van der Waals surface area contributed by atoms with Crippen LogP contribution in [-0.4, -0.2) is 21.9 Å². The van der Waals surface area contributed by atoms with Crippen LogP contribution in [0.2, 0.25) is 0 Å². The van der Waals surface area contributed by atoms with Crippen molar-refractivity contribution < 1.29 is 9.90 Å². The van der Waals surface area contributed by atoms with Crippen LogP contribution in [0.5, 0.6) is 0 Å². The highest BCUT2D eigenvalue weighted by molar-refractivity contribution is 5.89. The van der Waals surface area contributed by atoms with Gasteiger partial charge in [0.25, 0.3) is 0 Å². The number of carbonyl (C=O) groups is 1. The van der Waals surface area contributed by atoms with Crippen molar-refractivity contribution in [3.8, 4) is 0 Å². The molecule has 2 aromatic rings. The molecule has 0 radical (unpaired) electrons. The lowest BCUT2D eigenvalue weighted by atomic mass is 10.1. The average molecular weight is 226 g/mol. The fourth-order valence-electron chi connectivity index (χ4n) is 1.98. The van der Waals surface area contributed by atoms with E-state index in [-0.39, 0.29) is 0 Å². The Hall–Kier alpha value is -2.36. The first-order chi connectivity index (χ1) is 8.24. The molecule has 1 aliphatic rings. The minimum Gasteiger partial charge on any atom is -0.478 e. The van der Waals surface area contributed by atoms with Gasteiger partial charge < -0.3 is 9.67 Å². The molecular weight excluding hydrogens is 216 g/mol. The van der Waals surface area contributed by atoms with Crippen molar-refractivity contribution in [1.29, 1.82) is 0 Å². The van der Waals surface area contributed by atoms with Crippen LogP contribution in [0.4, 0.5) is 5.69 Å². The summed E-state index contributed by atoms with van der Waals surface area (Å²) in [5.74, 6) is -0.909. The van der Waals surface area contributed by atoms with Gasteiger partial charge in [-0.3, -0.25) is 4.99 Å². The number of benzene rings is 1. The van der Waals surface area contributed by atoms with Crippen LogP contribution in [0.15, 0.2) is 41.5 Å². The fourth-order valence-corrected chi connectivity index (χ4v) is 1.98. The first-order valence-corrected chi connectivity index (χ1v) is 5.29. The third-order valence-corrected chi connectivity index (χ3v) is 2.87. The third-order valence-electron chi connectivity index (χ3n) is 2.87. The number of hydrogen-bond donors (Lipinski definition) is 1. The minimum atomic E-state index is -0.909. The maximum absolute atomic E-state index is 10.9. The normalized spacial score (nSPS) is 12.7. The van der Waals surface area contributed by atoms with Gasteiger partial charge in [-0.2, -0.15) is 0 Å². The second-order valence-corrected chi connectivity index (χ2v) is 3.97. The first kappa shape index (κ1) is 9.84. The van der Waals surface area contributed by atoms with Crippen LogP contribution in [0, 0.1) is 0 Å². The molecule has 1 aromatic carbocycles. The molecule has 0 spiro atoms. The van der Waals surface area contributed by atoms with Crippen molar-refractivity contribution in [1.82, 2.24) is 4.57 Å². The largest absolute Gasteiger partial charge is 0.478 e. The van der Waals surface area contributed by atoms with Gasteiger partial charge in [0.15, 0.2) is 0 Å². The standard InChI is InChI=1S/C13H10N2O2/c16-13(17)9-3-4-12-10(6-9)8-15-5-1-2-11(15)7-14-12/h1-7H,8H2,(H,16,17). The summed E-state index contributed by atoms with van der Waals surface area (Å²) in [6, 6.07) is 8.95. The first-order valence-electron chi connectivity index (χ1n) is 5.29. The molecule has 4 nitrogen and oxygen atoms in total. The molecule has 1 aliphatic heterocycles. The molecule has 0 atom stereocenters. The summed E-state index contributed by atoms with van der Waals surface area (Å²) in [6.45, 7) is 0.652. The molecule has 2 heterocycles. The Balaban J connectivity index is 2.12. The Morgan fingerprint density at radius 3 is 3.06 bits per heavy atom. The highest BCUT2D eigenvalue weighted by Gasteiger charge is 2.11. The lowest BCUT2D eigenvalue weighted by Gasteiger charge is -2.06. The summed E-state index contributed by atoms with van der Waals surface area (Å²) < 4.78 is 2.04. The van der Waals surface area contributed by atoms with Gasteiger partial charge in [-0.15, -0.1) is 0 Å². The number of rotatable bonds is 1. The Morgan fingerprint density at radius 1 is 1.35 bits per heavy atom. The van der Waals surface area contributed by atoms with Gasteiger partial charge in [-0.05, 0) is 35.9 Å². The van der Waals surface area contributed by atoms with E-state index in [0.29, 0.717) is 12.1 Å². The summed E-state index contributed by atoms with van der Waals surface area (Å²) in [6.07, 6.45) is 3.76. The molecule has 3 rings (SSSR count). The zero-order valence-corrected chi connectivity index (χ0v) is 9.00. The van der Waals surface area contributed by atoms with Crippen LogP contribution in [-0.2, 0) is 6.54 Å². The lowest BCUT2D eigenvalue weighted by molar-refractivity contribution is 0.0697. The summed E-state index contributed by atoms with van der Waals surface area (Å²) in [5.41, 5.74) is 3.09. The van der Waals surface area contributed by atoms with Crippen LogP contribution >= 0.6 is 0 Å². The molecular formula is C13H10N2O2. The van der Waals surface area contributed by atoms with E-state index in [1.54, 1.807) is 24.4 Å². The van der Waals surface area contributed by atoms with Crippen molar-refractivity contribution >= 4 is 17.9 Å². The van der Waals surface area contributed by atoms with Crippen molar-refractivity contribution in [3.63, 3.8) is 0 Å². The Morgan fingerprint density at radius 2 is 2.24 bits per heavy atom. The monoisotopic (exact) mass is 226 g/mol. The van der Waals surface area contributed by atoms with Gasteiger partial charge in [-0.25, -0.2) is 4.79 Å². The fraction of sp³-hybridized carbons (Fsp3) is 0.0769.